The third-order valence-electron chi connectivity index (χ3n) is 1.96. The van der Waals surface area contributed by atoms with Gasteiger partial charge in [-0.25, -0.2) is 0 Å². The van der Waals surface area contributed by atoms with E-state index in [1.807, 2.05) is 0 Å². The van der Waals surface area contributed by atoms with Gasteiger partial charge in [0.05, 0.1) is 12.1 Å². The number of hydrogen-bond acceptors (Lipinski definition) is 4. The first-order valence-electron chi connectivity index (χ1n) is 5.33. The maximum atomic E-state index is 11.4. The number of carbonyl (C=O) groups is 2. The van der Waals surface area contributed by atoms with Gasteiger partial charge >= 0.3 is 5.97 Å². The summed E-state index contributed by atoms with van der Waals surface area (Å²) in [6, 6.07) is -0.551. The number of carbonyl (C=O) groups excluding carboxylic acids is 2. The third-order valence-corrected chi connectivity index (χ3v) is 1.96. The molecule has 0 aromatic rings. The first-order valence-corrected chi connectivity index (χ1v) is 5.33. The zero-order valence-electron chi connectivity index (χ0n) is 9.95. The van der Waals surface area contributed by atoms with Crippen LogP contribution in [0.2, 0.25) is 0 Å². The Hall–Kier alpha value is -0.900. The molecule has 88 valence electrons. The zero-order chi connectivity index (χ0) is 12.0. The molecule has 2 N–H and O–H groups in total. The highest BCUT2D eigenvalue weighted by atomic mass is 16.5. The second-order valence-electron chi connectivity index (χ2n) is 4.24. The van der Waals surface area contributed by atoms with Crippen molar-refractivity contribution in [1.82, 2.24) is 0 Å². The number of ether oxygens (including phenoxy) is 1. The second-order valence-corrected chi connectivity index (χ2v) is 4.24. The minimum Gasteiger partial charge on any atom is -0.463 e. The lowest BCUT2D eigenvalue weighted by molar-refractivity contribution is -0.147. The van der Waals surface area contributed by atoms with E-state index in [1.165, 1.54) is 0 Å². The van der Waals surface area contributed by atoms with Crippen LogP contribution < -0.4 is 5.73 Å². The van der Waals surface area contributed by atoms with Crippen molar-refractivity contribution in [2.45, 2.75) is 52.7 Å². The predicted octanol–water partition coefficient (Wildman–Crippen LogP) is 1.27. The first kappa shape index (κ1) is 14.1. The Morgan fingerprint density at radius 3 is 2.13 bits per heavy atom. The average molecular weight is 215 g/mol. The van der Waals surface area contributed by atoms with Gasteiger partial charge in [0.15, 0.2) is 5.78 Å². The highest BCUT2D eigenvalue weighted by Crippen LogP contribution is 2.05. The summed E-state index contributed by atoms with van der Waals surface area (Å²) in [6.07, 6.45) is 0.454. The molecule has 0 amide bonds. The monoisotopic (exact) mass is 215 g/mol. The summed E-state index contributed by atoms with van der Waals surface area (Å²) < 4.78 is 4.94. The van der Waals surface area contributed by atoms with Crippen LogP contribution in [0.15, 0.2) is 0 Å². The van der Waals surface area contributed by atoms with Gasteiger partial charge < -0.3 is 10.5 Å². The molecule has 0 aromatic carbocycles. The fourth-order valence-corrected chi connectivity index (χ4v) is 1.17. The fourth-order valence-electron chi connectivity index (χ4n) is 1.17. The van der Waals surface area contributed by atoms with Crippen LogP contribution in [-0.2, 0) is 14.3 Å². The number of esters is 1. The van der Waals surface area contributed by atoms with Crippen molar-refractivity contribution in [3.05, 3.63) is 0 Å². The Bertz CT molecular complexity index is 224. The molecule has 0 unspecified atom stereocenters. The van der Waals surface area contributed by atoms with E-state index in [2.05, 4.69) is 0 Å². The Labute approximate surface area is 91.2 Å². The summed E-state index contributed by atoms with van der Waals surface area (Å²) in [6.45, 7) is 7.18. The third kappa shape index (κ3) is 6.23. The maximum Gasteiger partial charge on any atom is 0.306 e. The average Bonchev–Trinajstić information content (AvgIpc) is 2.11. The lowest BCUT2D eigenvalue weighted by atomic mass is 9.99. The summed E-state index contributed by atoms with van der Waals surface area (Å²) in [5.41, 5.74) is 5.64. The van der Waals surface area contributed by atoms with Crippen molar-refractivity contribution in [1.29, 1.82) is 0 Å². The van der Waals surface area contributed by atoms with Crippen molar-refractivity contribution in [2.75, 3.05) is 0 Å². The van der Waals surface area contributed by atoms with Crippen molar-refractivity contribution in [2.24, 2.45) is 11.7 Å². The standard InChI is InChI=1S/C11H21NO3/c1-7(2)11(14)9(12)5-6-10(13)15-8(3)4/h7-9H,5-6,12H2,1-4H3/t9-/m0/s1. The normalized spacial score (nSPS) is 13.0. The Kier molecular flexibility index (Phi) is 6.17. The smallest absolute Gasteiger partial charge is 0.306 e. The zero-order valence-corrected chi connectivity index (χ0v) is 9.95. The van der Waals surface area contributed by atoms with Gasteiger partial charge in [-0.05, 0) is 20.3 Å². The van der Waals surface area contributed by atoms with E-state index in [4.69, 9.17) is 10.5 Å². The van der Waals surface area contributed by atoms with Gasteiger partial charge in [0.25, 0.3) is 0 Å². The summed E-state index contributed by atoms with van der Waals surface area (Å²) in [4.78, 5) is 22.6. The summed E-state index contributed by atoms with van der Waals surface area (Å²) in [5, 5.41) is 0. The Morgan fingerprint density at radius 2 is 1.73 bits per heavy atom. The topological polar surface area (TPSA) is 69.4 Å². The quantitative estimate of drug-likeness (QED) is 0.677. The molecular weight excluding hydrogens is 194 g/mol. The molecule has 0 radical (unpaired) electrons. The number of rotatable bonds is 6. The molecule has 0 saturated heterocycles. The minimum absolute atomic E-state index is 0.00709. The van der Waals surface area contributed by atoms with Gasteiger partial charge in [-0.15, -0.1) is 0 Å². The van der Waals surface area contributed by atoms with Crippen LogP contribution in [-0.4, -0.2) is 23.9 Å². The number of nitrogens with two attached hydrogens (primary N) is 1. The Morgan fingerprint density at radius 1 is 1.20 bits per heavy atom. The van der Waals surface area contributed by atoms with E-state index in [0.29, 0.717) is 6.42 Å². The van der Waals surface area contributed by atoms with Crippen LogP contribution in [0, 0.1) is 5.92 Å². The van der Waals surface area contributed by atoms with Gasteiger partial charge in [0.2, 0.25) is 0 Å². The molecule has 15 heavy (non-hydrogen) atoms. The number of Topliss-reactive ketones (excluding diaryl/α,β-unsaturated/α-hetero) is 1. The number of hydrogen-bond donors (Lipinski definition) is 1. The molecule has 0 spiro atoms. The summed E-state index contributed by atoms with van der Waals surface area (Å²) >= 11 is 0. The summed E-state index contributed by atoms with van der Waals surface area (Å²) in [5.74, 6) is -0.384. The molecule has 0 saturated carbocycles. The minimum atomic E-state index is -0.551. The molecule has 0 fully saturated rings. The molecule has 0 aliphatic carbocycles. The lowest BCUT2D eigenvalue weighted by Gasteiger charge is -2.13. The van der Waals surface area contributed by atoms with E-state index >= 15 is 0 Å². The highest BCUT2D eigenvalue weighted by molar-refractivity contribution is 5.85. The van der Waals surface area contributed by atoms with E-state index in [-0.39, 0.29) is 30.2 Å². The van der Waals surface area contributed by atoms with E-state index < -0.39 is 6.04 Å². The van der Waals surface area contributed by atoms with Crippen LogP contribution in [0.3, 0.4) is 0 Å². The van der Waals surface area contributed by atoms with Gasteiger partial charge in [0.1, 0.15) is 0 Å². The van der Waals surface area contributed by atoms with Gasteiger partial charge in [-0.3, -0.25) is 9.59 Å². The SMILES string of the molecule is CC(C)OC(=O)CC[C@H](N)C(=O)C(C)C. The molecule has 0 aliphatic rings. The van der Waals surface area contributed by atoms with E-state index in [9.17, 15) is 9.59 Å². The van der Waals surface area contributed by atoms with Crippen molar-refractivity contribution in [3.8, 4) is 0 Å². The molecular formula is C11H21NO3. The first-order chi connectivity index (χ1) is 6.84. The Balaban J connectivity index is 3.85. The maximum absolute atomic E-state index is 11.4. The predicted molar refractivity (Wildman–Crippen MR) is 58.3 cm³/mol. The fraction of sp³-hybridized carbons (Fsp3) is 0.818. The van der Waals surface area contributed by atoms with Crippen LogP contribution in [0.5, 0.6) is 0 Å². The van der Waals surface area contributed by atoms with Crippen LogP contribution in [0.1, 0.15) is 40.5 Å². The molecule has 0 heterocycles. The van der Waals surface area contributed by atoms with Crippen molar-refractivity contribution >= 4 is 11.8 Å². The van der Waals surface area contributed by atoms with Gasteiger partial charge in [0, 0.05) is 12.3 Å². The van der Waals surface area contributed by atoms with E-state index in [1.54, 1.807) is 27.7 Å². The van der Waals surface area contributed by atoms with Crippen LogP contribution in [0.25, 0.3) is 0 Å². The van der Waals surface area contributed by atoms with Gasteiger partial charge in [-0.1, -0.05) is 13.8 Å². The molecule has 1 atom stereocenters. The van der Waals surface area contributed by atoms with Crippen molar-refractivity contribution < 1.29 is 14.3 Å². The van der Waals surface area contributed by atoms with Crippen molar-refractivity contribution in [3.63, 3.8) is 0 Å². The highest BCUT2D eigenvalue weighted by Gasteiger charge is 2.18. The van der Waals surface area contributed by atoms with E-state index in [0.717, 1.165) is 0 Å². The number of ketones is 1. The van der Waals surface area contributed by atoms with Crippen LogP contribution >= 0.6 is 0 Å². The lowest BCUT2D eigenvalue weighted by Crippen LogP contribution is -2.34. The van der Waals surface area contributed by atoms with Crippen LogP contribution in [0.4, 0.5) is 0 Å². The second kappa shape index (κ2) is 6.56. The molecule has 0 aliphatic heterocycles. The molecule has 0 bridgehead atoms. The largest absolute Gasteiger partial charge is 0.463 e. The molecule has 4 nitrogen and oxygen atoms in total. The van der Waals surface area contributed by atoms with Gasteiger partial charge in [-0.2, -0.15) is 0 Å². The molecule has 4 heteroatoms. The summed E-state index contributed by atoms with van der Waals surface area (Å²) in [7, 11) is 0. The molecule has 0 aromatic heterocycles. The molecule has 0 rings (SSSR count).